The third-order valence-electron chi connectivity index (χ3n) is 4.54. The van der Waals surface area contributed by atoms with E-state index in [1.807, 2.05) is 24.3 Å². The summed E-state index contributed by atoms with van der Waals surface area (Å²) in [5, 5.41) is 16.0. The number of carbonyl (C=O) groups is 1. The Hall–Kier alpha value is -3.00. The van der Waals surface area contributed by atoms with Gasteiger partial charge in [-0.2, -0.15) is 5.10 Å². The minimum Gasteiger partial charge on any atom is -0.354 e. The number of carbonyl (C=O) groups excluding carboxylic acids is 1. The summed E-state index contributed by atoms with van der Waals surface area (Å²) in [7, 11) is 0. The second-order valence-corrected chi connectivity index (χ2v) is 6.75. The Bertz CT molecular complexity index is 914. The van der Waals surface area contributed by atoms with Crippen molar-refractivity contribution in [2.24, 2.45) is 5.92 Å². The Labute approximate surface area is 161 Å². The molecule has 1 aliphatic rings. The quantitative estimate of drug-likeness (QED) is 0.744. The highest BCUT2D eigenvalue weighted by molar-refractivity contribution is 6.33. The molecule has 0 radical (unpaired) electrons. The van der Waals surface area contributed by atoms with Gasteiger partial charge >= 0.3 is 0 Å². The summed E-state index contributed by atoms with van der Waals surface area (Å²) >= 11 is 6.13. The molecule has 27 heavy (non-hydrogen) atoms. The molecule has 0 spiro atoms. The van der Waals surface area contributed by atoms with Crippen LogP contribution in [0.1, 0.15) is 12.8 Å². The molecule has 3 aromatic rings. The Kier molecular flexibility index (Phi) is 4.97. The van der Waals surface area contributed by atoms with Crippen LogP contribution < -0.4 is 10.2 Å². The normalized spacial score (nSPS) is 16.9. The van der Waals surface area contributed by atoms with Crippen molar-refractivity contribution in [3.8, 4) is 5.82 Å². The summed E-state index contributed by atoms with van der Waals surface area (Å²) in [5.74, 6) is 1.18. The summed E-state index contributed by atoms with van der Waals surface area (Å²) in [6, 6.07) is 11.0. The molecule has 2 aromatic heterocycles. The highest BCUT2D eigenvalue weighted by Gasteiger charge is 2.27. The van der Waals surface area contributed by atoms with E-state index in [2.05, 4.69) is 30.5 Å². The number of piperidine rings is 1. The first kappa shape index (κ1) is 17.4. The zero-order chi connectivity index (χ0) is 18.6. The van der Waals surface area contributed by atoms with Crippen LogP contribution in [0.2, 0.25) is 5.02 Å². The maximum atomic E-state index is 12.7. The molecule has 138 valence electrons. The summed E-state index contributed by atoms with van der Waals surface area (Å²) in [5.41, 5.74) is 0.637. The lowest BCUT2D eigenvalue weighted by atomic mass is 9.97. The molecular formula is C18H18ClN7O. The van der Waals surface area contributed by atoms with Crippen molar-refractivity contribution in [3.05, 3.63) is 54.1 Å². The van der Waals surface area contributed by atoms with Gasteiger partial charge in [-0.3, -0.25) is 4.79 Å². The third-order valence-corrected chi connectivity index (χ3v) is 4.87. The number of anilines is 2. The number of para-hydroxylation sites is 1. The van der Waals surface area contributed by atoms with Gasteiger partial charge in [-0.15, -0.1) is 10.2 Å². The largest absolute Gasteiger partial charge is 0.354 e. The van der Waals surface area contributed by atoms with Crippen LogP contribution in [0.25, 0.3) is 5.82 Å². The molecule has 1 unspecified atom stereocenters. The van der Waals surface area contributed by atoms with Gasteiger partial charge in [0.2, 0.25) is 5.91 Å². The second kappa shape index (κ2) is 7.71. The molecule has 3 heterocycles. The predicted octanol–water partition coefficient (Wildman–Crippen LogP) is 2.57. The van der Waals surface area contributed by atoms with E-state index in [0.717, 1.165) is 25.2 Å². The molecule has 8 nitrogen and oxygen atoms in total. The van der Waals surface area contributed by atoms with Crippen LogP contribution in [0.4, 0.5) is 11.5 Å². The maximum absolute atomic E-state index is 12.7. The predicted molar refractivity (Wildman–Crippen MR) is 102 cm³/mol. The van der Waals surface area contributed by atoms with Crippen LogP contribution in [0.15, 0.2) is 49.1 Å². The topological polar surface area (TPSA) is 88.8 Å². The molecule has 4 rings (SSSR count). The standard InChI is InChI=1S/C18H18ClN7O/c19-14-5-1-2-6-15(14)22-18(27)13-4-3-9-25(10-13)16-7-8-17(24-23-16)26-12-20-11-21-26/h1-2,5-8,11-13H,3-4,9-10H2,(H,22,27). The van der Waals surface area contributed by atoms with Crippen LogP contribution in [-0.4, -0.2) is 44.0 Å². The van der Waals surface area contributed by atoms with Gasteiger partial charge in [-0.1, -0.05) is 23.7 Å². The minimum absolute atomic E-state index is 0.0278. The van der Waals surface area contributed by atoms with Gasteiger partial charge in [0.15, 0.2) is 11.6 Å². The molecule has 1 aliphatic heterocycles. The van der Waals surface area contributed by atoms with Gasteiger partial charge in [0.1, 0.15) is 12.7 Å². The molecule has 1 aromatic carbocycles. The van der Waals surface area contributed by atoms with Crippen LogP contribution in [-0.2, 0) is 4.79 Å². The first-order valence-electron chi connectivity index (χ1n) is 8.70. The number of hydrogen-bond donors (Lipinski definition) is 1. The fraction of sp³-hybridized carbons (Fsp3) is 0.278. The average Bonchev–Trinajstić information content (AvgIpc) is 3.25. The Balaban J connectivity index is 1.43. The molecule has 9 heteroatoms. The van der Waals surface area contributed by atoms with Crippen LogP contribution in [0.5, 0.6) is 0 Å². The van der Waals surface area contributed by atoms with Crippen molar-refractivity contribution in [2.45, 2.75) is 12.8 Å². The SMILES string of the molecule is O=C(Nc1ccccc1Cl)C1CCCN(c2ccc(-n3cncn3)nn2)C1. The van der Waals surface area contributed by atoms with Gasteiger partial charge in [0.25, 0.3) is 0 Å². The number of rotatable bonds is 4. The smallest absolute Gasteiger partial charge is 0.229 e. The maximum Gasteiger partial charge on any atom is 0.229 e. The van der Waals surface area contributed by atoms with Gasteiger partial charge in [-0.25, -0.2) is 9.67 Å². The lowest BCUT2D eigenvalue weighted by Gasteiger charge is -2.32. The number of nitrogens with zero attached hydrogens (tertiary/aromatic N) is 6. The average molecular weight is 384 g/mol. The Morgan fingerprint density at radius 1 is 1.15 bits per heavy atom. The van der Waals surface area contributed by atoms with E-state index in [9.17, 15) is 4.79 Å². The van der Waals surface area contributed by atoms with E-state index in [-0.39, 0.29) is 11.8 Å². The van der Waals surface area contributed by atoms with Crippen molar-refractivity contribution in [1.82, 2.24) is 25.0 Å². The number of nitrogens with one attached hydrogen (secondary N) is 1. The van der Waals surface area contributed by atoms with Gasteiger partial charge in [0.05, 0.1) is 16.6 Å². The number of halogens is 1. The van der Waals surface area contributed by atoms with Gasteiger partial charge in [-0.05, 0) is 37.1 Å². The first-order chi connectivity index (χ1) is 13.2. The zero-order valence-electron chi connectivity index (χ0n) is 14.5. The molecule has 0 aliphatic carbocycles. The molecule has 1 N–H and O–H groups in total. The van der Waals surface area contributed by atoms with Crippen molar-refractivity contribution in [2.75, 3.05) is 23.3 Å². The Morgan fingerprint density at radius 2 is 1.96 bits per heavy atom. The number of hydrogen-bond acceptors (Lipinski definition) is 6. The van der Waals surface area contributed by atoms with Crippen LogP contribution in [0.3, 0.4) is 0 Å². The monoisotopic (exact) mass is 383 g/mol. The second-order valence-electron chi connectivity index (χ2n) is 6.34. The fourth-order valence-corrected chi connectivity index (χ4v) is 3.32. The van der Waals surface area contributed by atoms with Crippen molar-refractivity contribution in [3.63, 3.8) is 0 Å². The molecule has 1 atom stereocenters. The number of amides is 1. The summed E-state index contributed by atoms with van der Waals surface area (Å²) in [4.78, 5) is 18.6. The van der Waals surface area contributed by atoms with E-state index >= 15 is 0 Å². The van der Waals surface area contributed by atoms with Gasteiger partial charge < -0.3 is 10.2 Å². The van der Waals surface area contributed by atoms with Gasteiger partial charge in [0, 0.05) is 13.1 Å². The summed E-state index contributed by atoms with van der Waals surface area (Å²) in [6.45, 7) is 1.43. The van der Waals surface area contributed by atoms with E-state index < -0.39 is 0 Å². The number of aromatic nitrogens is 5. The molecule has 0 bridgehead atoms. The molecule has 1 amide bonds. The molecule has 0 saturated carbocycles. The van der Waals surface area contributed by atoms with Crippen molar-refractivity contribution in [1.29, 1.82) is 0 Å². The van der Waals surface area contributed by atoms with E-state index in [1.54, 1.807) is 23.1 Å². The Morgan fingerprint density at radius 3 is 2.70 bits per heavy atom. The van der Waals surface area contributed by atoms with Crippen LogP contribution >= 0.6 is 11.6 Å². The lowest BCUT2D eigenvalue weighted by Crippen LogP contribution is -2.41. The molecule has 1 saturated heterocycles. The highest BCUT2D eigenvalue weighted by atomic mass is 35.5. The fourth-order valence-electron chi connectivity index (χ4n) is 3.13. The minimum atomic E-state index is -0.133. The van der Waals surface area contributed by atoms with E-state index in [1.165, 1.54) is 6.33 Å². The summed E-state index contributed by atoms with van der Waals surface area (Å²) < 4.78 is 1.55. The zero-order valence-corrected chi connectivity index (χ0v) is 15.3. The highest BCUT2D eigenvalue weighted by Crippen LogP contribution is 2.25. The van der Waals surface area contributed by atoms with E-state index in [4.69, 9.17) is 11.6 Å². The third kappa shape index (κ3) is 3.90. The molecular weight excluding hydrogens is 366 g/mol. The number of benzene rings is 1. The van der Waals surface area contributed by atoms with Crippen molar-refractivity contribution < 1.29 is 4.79 Å². The van der Waals surface area contributed by atoms with Crippen LogP contribution in [0, 0.1) is 5.92 Å². The molecule has 1 fully saturated rings. The first-order valence-corrected chi connectivity index (χ1v) is 9.07. The summed E-state index contributed by atoms with van der Waals surface area (Å²) in [6.07, 6.45) is 4.76. The van der Waals surface area contributed by atoms with E-state index in [0.29, 0.717) is 23.1 Å². The van der Waals surface area contributed by atoms with Crippen molar-refractivity contribution >= 4 is 29.0 Å². The lowest BCUT2D eigenvalue weighted by molar-refractivity contribution is -0.120.